The van der Waals surface area contributed by atoms with Crippen molar-refractivity contribution < 1.29 is 27.9 Å². The highest BCUT2D eigenvalue weighted by Crippen LogP contribution is 2.50. The first-order valence-corrected chi connectivity index (χ1v) is 8.54. The van der Waals surface area contributed by atoms with Crippen LogP contribution in [0.5, 0.6) is 0 Å². The van der Waals surface area contributed by atoms with Gasteiger partial charge in [0.05, 0.1) is 11.0 Å². The van der Waals surface area contributed by atoms with E-state index in [1.165, 1.54) is 12.1 Å². The zero-order valence-electron chi connectivity index (χ0n) is 15.1. The first-order valence-electron chi connectivity index (χ1n) is 8.54. The first-order chi connectivity index (χ1) is 11.8. The third-order valence-electron chi connectivity index (χ3n) is 4.88. The molecule has 0 unspecified atom stereocenters. The van der Waals surface area contributed by atoms with Crippen molar-refractivity contribution in [2.75, 3.05) is 5.32 Å². The van der Waals surface area contributed by atoms with Gasteiger partial charge in [0.1, 0.15) is 0 Å². The molecule has 1 saturated carbocycles. The summed E-state index contributed by atoms with van der Waals surface area (Å²) in [5, 5.41) is 12.2. The molecule has 0 saturated heterocycles. The standard InChI is InChI=1S/C19H24F3NO3/c1-12-8-17(2,3)11-18(9-12,16(25)26)10-15(24)23-14-6-4-5-13(7-14)19(20,21)22/h4-7,12H,8-11H2,1-3H3,(H,23,24)(H,25,26)/t12-,18-/m1/s1. The second-order valence-electron chi connectivity index (χ2n) is 8.24. The number of alkyl halides is 3. The minimum Gasteiger partial charge on any atom is -0.481 e. The highest BCUT2D eigenvalue weighted by atomic mass is 19.4. The fraction of sp³-hybridized carbons (Fsp3) is 0.579. The molecular weight excluding hydrogens is 347 g/mol. The Labute approximate surface area is 150 Å². The summed E-state index contributed by atoms with van der Waals surface area (Å²) < 4.78 is 38.3. The minimum absolute atomic E-state index is 0.00785. The summed E-state index contributed by atoms with van der Waals surface area (Å²) in [5.74, 6) is -1.47. The summed E-state index contributed by atoms with van der Waals surface area (Å²) in [6, 6.07) is 4.32. The van der Waals surface area contributed by atoms with Gasteiger partial charge in [-0.15, -0.1) is 0 Å². The van der Waals surface area contributed by atoms with Crippen LogP contribution in [0.15, 0.2) is 24.3 Å². The van der Waals surface area contributed by atoms with Gasteiger partial charge >= 0.3 is 12.1 Å². The molecule has 4 nitrogen and oxygen atoms in total. The normalized spacial score (nSPS) is 25.5. The van der Waals surface area contributed by atoms with Gasteiger partial charge < -0.3 is 10.4 Å². The Hall–Kier alpha value is -2.05. The van der Waals surface area contributed by atoms with Crippen LogP contribution in [0.4, 0.5) is 18.9 Å². The molecule has 1 aliphatic rings. The zero-order chi connectivity index (χ0) is 19.8. The Kier molecular flexibility index (Phi) is 5.40. The fourth-order valence-corrected chi connectivity index (χ4v) is 4.40. The van der Waals surface area contributed by atoms with Crippen LogP contribution in [0.1, 0.15) is 52.0 Å². The molecule has 1 aromatic rings. The van der Waals surface area contributed by atoms with E-state index in [0.717, 1.165) is 18.6 Å². The molecule has 26 heavy (non-hydrogen) atoms. The van der Waals surface area contributed by atoms with Gasteiger partial charge in [0.2, 0.25) is 5.91 Å². The van der Waals surface area contributed by atoms with E-state index in [1.54, 1.807) is 0 Å². The van der Waals surface area contributed by atoms with Crippen LogP contribution in [-0.2, 0) is 15.8 Å². The van der Waals surface area contributed by atoms with Crippen LogP contribution >= 0.6 is 0 Å². The Morgan fingerprint density at radius 2 is 1.92 bits per heavy atom. The first kappa shape index (κ1) is 20.3. The summed E-state index contributed by atoms with van der Waals surface area (Å²) in [7, 11) is 0. The highest BCUT2D eigenvalue weighted by molar-refractivity contribution is 5.94. The minimum atomic E-state index is -4.51. The van der Waals surface area contributed by atoms with Crippen molar-refractivity contribution in [3.8, 4) is 0 Å². The van der Waals surface area contributed by atoms with Gasteiger partial charge in [-0.2, -0.15) is 13.2 Å². The van der Waals surface area contributed by atoms with E-state index in [2.05, 4.69) is 5.32 Å². The molecule has 0 bridgehead atoms. The number of benzene rings is 1. The van der Waals surface area contributed by atoms with E-state index in [-0.39, 0.29) is 23.4 Å². The number of carboxylic acids is 1. The lowest BCUT2D eigenvalue weighted by Gasteiger charge is -2.44. The van der Waals surface area contributed by atoms with Crippen LogP contribution in [0.2, 0.25) is 0 Å². The fourth-order valence-electron chi connectivity index (χ4n) is 4.40. The van der Waals surface area contributed by atoms with E-state index in [0.29, 0.717) is 12.8 Å². The maximum Gasteiger partial charge on any atom is 0.416 e. The Bertz CT molecular complexity index is 700. The Morgan fingerprint density at radius 3 is 2.46 bits per heavy atom. The second-order valence-corrected chi connectivity index (χ2v) is 8.24. The zero-order valence-corrected chi connectivity index (χ0v) is 15.1. The lowest BCUT2D eigenvalue weighted by atomic mass is 9.59. The number of amides is 1. The van der Waals surface area contributed by atoms with Crippen molar-refractivity contribution in [2.45, 2.75) is 52.6 Å². The van der Waals surface area contributed by atoms with Crippen LogP contribution in [0.3, 0.4) is 0 Å². The van der Waals surface area contributed by atoms with Crippen molar-refractivity contribution >= 4 is 17.6 Å². The van der Waals surface area contributed by atoms with Gasteiger partial charge in [-0.3, -0.25) is 9.59 Å². The van der Waals surface area contributed by atoms with Crippen molar-refractivity contribution in [2.24, 2.45) is 16.7 Å². The van der Waals surface area contributed by atoms with E-state index in [1.807, 2.05) is 20.8 Å². The number of nitrogens with one attached hydrogen (secondary N) is 1. The summed E-state index contributed by atoms with van der Waals surface area (Å²) in [6.45, 7) is 5.92. The molecule has 1 amide bonds. The van der Waals surface area contributed by atoms with Crippen LogP contribution < -0.4 is 5.32 Å². The molecular formula is C19H24F3NO3. The number of aliphatic carboxylic acids is 1. The highest BCUT2D eigenvalue weighted by Gasteiger charge is 2.49. The summed E-state index contributed by atoms with van der Waals surface area (Å²) in [5.41, 5.74) is -2.27. The number of carboxylic acid groups (broad SMARTS) is 1. The molecule has 0 heterocycles. The average Bonchev–Trinajstić information content (AvgIpc) is 2.43. The quantitative estimate of drug-likeness (QED) is 0.787. The van der Waals surface area contributed by atoms with Crippen molar-refractivity contribution in [3.05, 3.63) is 29.8 Å². The maximum atomic E-state index is 12.8. The molecule has 2 atom stereocenters. The number of hydrogen-bond donors (Lipinski definition) is 2. The largest absolute Gasteiger partial charge is 0.481 e. The predicted molar refractivity (Wildman–Crippen MR) is 91.6 cm³/mol. The van der Waals surface area contributed by atoms with Gasteiger partial charge in [0, 0.05) is 12.1 Å². The number of hydrogen-bond acceptors (Lipinski definition) is 2. The van der Waals surface area contributed by atoms with E-state index in [9.17, 15) is 27.9 Å². The lowest BCUT2D eigenvalue weighted by molar-refractivity contribution is -0.157. The predicted octanol–water partition coefficient (Wildman–Crippen LogP) is 4.95. The summed E-state index contributed by atoms with van der Waals surface area (Å²) in [6.07, 6.45) is -3.16. The van der Waals surface area contributed by atoms with Gasteiger partial charge in [-0.05, 0) is 48.8 Å². The smallest absolute Gasteiger partial charge is 0.416 e. The lowest BCUT2D eigenvalue weighted by Crippen LogP contribution is -2.44. The average molecular weight is 371 g/mol. The molecule has 2 rings (SSSR count). The van der Waals surface area contributed by atoms with Crippen LogP contribution in [0, 0.1) is 16.7 Å². The maximum absolute atomic E-state index is 12.8. The van der Waals surface area contributed by atoms with Gasteiger partial charge in [-0.25, -0.2) is 0 Å². The third-order valence-corrected chi connectivity index (χ3v) is 4.88. The summed E-state index contributed by atoms with van der Waals surface area (Å²) >= 11 is 0. The molecule has 1 aliphatic carbocycles. The molecule has 0 aromatic heterocycles. The van der Waals surface area contributed by atoms with Crippen LogP contribution in [0.25, 0.3) is 0 Å². The van der Waals surface area contributed by atoms with E-state index >= 15 is 0 Å². The molecule has 2 N–H and O–H groups in total. The van der Waals surface area contributed by atoms with Crippen molar-refractivity contribution in [1.82, 2.24) is 0 Å². The number of rotatable bonds is 4. The van der Waals surface area contributed by atoms with Gasteiger partial charge in [0.15, 0.2) is 0 Å². The Morgan fingerprint density at radius 1 is 1.27 bits per heavy atom. The summed E-state index contributed by atoms with van der Waals surface area (Å²) in [4.78, 5) is 24.4. The number of anilines is 1. The molecule has 1 fully saturated rings. The molecule has 144 valence electrons. The number of carbonyl (C=O) groups excluding carboxylic acids is 1. The van der Waals surface area contributed by atoms with Crippen molar-refractivity contribution in [1.29, 1.82) is 0 Å². The molecule has 0 radical (unpaired) electrons. The molecule has 1 aromatic carbocycles. The van der Waals surface area contributed by atoms with Crippen molar-refractivity contribution in [3.63, 3.8) is 0 Å². The third kappa shape index (κ3) is 4.77. The van der Waals surface area contributed by atoms with E-state index < -0.39 is 29.0 Å². The number of halogens is 3. The monoisotopic (exact) mass is 371 g/mol. The SMILES string of the molecule is C[C@@H]1CC(C)(C)C[C@@](CC(=O)Nc2cccc(C(F)(F)F)c2)(C(=O)O)C1. The van der Waals surface area contributed by atoms with Gasteiger partial charge in [0.25, 0.3) is 0 Å². The van der Waals surface area contributed by atoms with Gasteiger partial charge in [-0.1, -0.05) is 26.8 Å². The molecule has 0 aliphatic heterocycles. The van der Waals surface area contributed by atoms with Crippen LogP contribution in [-0.4, -0.2) is 17.0 Å². The van der Waals surface area contributed by atoms with E-state index in [4.69, 9.17) is 0 Å². The molecule has 0 spiro atoms. The Balaban J connectivity index is 2.18. The second kappa shape index (κ2) is 6.93. The number of carbonyl (C=O) groups is 2. The topological polar surface area (TPSA) is 66.4 Å². The molecule has 7 heteroatoms.